The number of rotatable bonds is 9. The average Bonchev–Trinajstić information content (AvgIpc) is 3.60. The molecule has 2 amide bonds. The van der Waals surface area contributed by atoms with Crippen molar-refractivity contribution < 1.29 is 41.8 Å². The molecule has 1 saturated heterocycles. The number of fused-ring (bicyclic) bond motifs is 1. The number of carboxylic acids is 1. The van der Waals surface area contributed by atoms with Gasteiger partial charge in [0.25, 0.3) is 11.8 Å². The van der Waals surface area contributed by atoms with Gasteiger partial charge in [0.05, 0.1) is 31.6 Å². The summed E-state index contributed by atoms with van der Waals surface area (Å²) >= 11 is 0. The second-order valence-corrected chi connectivity index (χ2v) is 11.1. The van der Waals surface area contributed by atoms with E-state index < -0.39 is 66.4 Å². The maximum Gasteiger partial charge on any atom is 0.319 e. The molecule has 3 aromatic rings. The molecule has 2 fully saturated rings. The molecule has 3 N–H and O–H groups in total. The number of hydrogen-bond donors (Lipinski definition) is 3. The number of carboxylic acid groups (broad SMARTS) is 1. The third-order valence-corrected chi connectivity index (χ3v) is 8.19. The van der Waals surface area contributed by atoms with Gasteiger partial charge in [-0.05, 0) is 31.7 Å². The van der Waals surface area contributed by atoms with Crippen molar-refractivity contribution >= 4 is 23.4 Å². The van der Waals surface area contributed by atoms with Crippen molar-refractivity contribution in [2.24, 2.45) is 11.3 Å². The van der Waals surface area contributed by atoms with Crippen molar-refractivity contribution in [2.75, 3.05) is 13.7 Å². The number of aryl methyl sites for hydroxylation is 1. The molecule has 3 aromatic heterocycles. The van der Waals surface area contributed by atoms with Crippen LogP contribution >= 0.6 is 0 Å². The van der Waals surface area contributed by atoms with E-state index in [1.807, 2.05) is 12.2 Å². The number of methoxy groups -OCH3 is 1. The summed E-state index contributed by atoms with van der Waals surface area (Å²) in [6, 6.07) is 2.14. The molecular formula is C27H31F4N7O5. The van der Waals surface area contributed by atoms with Gasteiger partial charge in [-0.3, -0.25) is 19.1 Å². The van der Waals surface area contributed by atoms with Gasteiger partial charge in [0.1, 0.15) is 17.1 Å². The van der Waals surface area contributed by atoms with E-state index in [1.165, 1.54) is 40.8 Å². The highest BCUT2D eigenvalue weighted by Gasteiger charge is 2.57. The standard InChI is InChI=1S/C27H31F4N7O5/c1-3-37-18(6-9-33-37)22(39)35-21(15-4-7-26(28,29)8-5-15)17-12-38-20(34-17)10-19(43-2)16(36-38)11-25(24(41)42)13-27(30,31)14-32-23(25)40/h6,9-10,12,15,21H,3-5,7-8,11,13-14H2,1-2H3,(H,32,40)(H,35,39)(H,41,42). The summed E-state index contributed by atoms with van der Waals surface area (Å²) in [4.78, 5) is 42.7. The molecule has 2 atom stereocenters. The van der Waals surface area contributed by atoms with Gasteiger partial charge in [-0.1, -0.05) is 0 Å². The molecule has 232 valence electrons. The fourth-order valence-electron chi connectivity index (χ4n) is 5.87. The number of nitrogens with one attached hydrogen (secondary N) is 2. The first kappa shape index (κ1) is 30.2. The number of carbonyl (C=O) groups excluding carboxylic acids is 2. The molecule has 0 radical (unpaired) electrons. The second kappa shape index (κ2) is 11.1. The van der Waals surface area contributed by atoms with E-state index >= 15 is 0 Å². The fourth-order valence-corrected chi connectivity index (χ4v) is 5.87. The van der Waals surface area contributed by atoms with Crippen LogP contribution in [0.5, 0.6) is 5.75 Å². The van der Waals surface area contributed by atoms with Gasteiger partial charge < -0.3 is 20.5 Å². The van der Waals surface area contributed by atoms with Gasteiger partial charge in [0.2, 0.25) is 11.8 Å². The molecule has 0 spiro atoms. The summed E-state index contributed by atoms with van der Waals surface area (Å²) < 4.78 is 64.8. The third-order valence-electron chi connectivity index (χ3n) is 8.19. The van der Waals surface area contributed by atoms with Crippen LogP contribution in [-0.4, -0.2) is 72.8 Å². The highest BCUT2D eigenvalue weighted by Crippen LogP contribution is 2.42. The van der Waals surface area contributed by atoms with Gasteiger partial charge in [0.15, 0.2) is 11.1 Å². The van der Waals surface area contributed by atoms with Crippen molar-refractivity contribution in [1.82, 2.24) is 35.0 Å². The highest BCUT2D eigenvalue weighted by atomic mass is 19.3. The summed E-state index contributed by atoms with van der Waals surface area (Å²) in [7, 11) is 1.27. The lowest BCUT2D eigenvalue weighted by Gasteiger charge is -2.36. The Morgan fingerprint density at radius 3 is 2.60 bits per heavy atom. The normalized spacial score (nSPS) is 22.6. The number of hydrogen-bond acceptors (Lipinski definition) is 7. The molecule has 2 aliphatic rings. The monoisotopic (exact) mass is 609 g/mol. The van der Waals surface area contributed by atoms with Crippen molar-refractivity contribution in [3.8, 4) is 5.75 Å². The minimum absolute atomic E-state index is 0.0108. The molecule has 16 heteroatoms. The maximum absolute atomic E-state index is 14.3. The van der Waals surface area contributed by atoms with E-state index in [0.29, 0.717) is 12.2 Å². The summed E-state index contributed by atoms with van der Waals surface area (Å²) in [5.74, 6) is -9.92. The molecule has 43 heavy (non-hydrogen) atoms. The first-order valence-corrected chi connectivity index (χ1v) is 13.8. The number of carbonyl (C=O) groups is 3. The molecule has 2 unspecified atom stereocenters. The van der Waals surface area contributed by atoms with Gasteiger partial charge in [-0.15, -0.1) is 0 Å². The Hall–Kier alpha value is -4.24. The second-order valence-electron chi connectivity index (χ2n) is 11.1. The van der Waals surface area contributed by atoms with Crippen LogP contribution in [0.4, 0.5) is 17.6 Å². The van der Waals surface area contributed by atoms with Crippen LogP contribution in [0, 0.1) is 11.3 Å². The van der Waals surface area contributed by atoms with Crippen LogP contribution in [0.25, 0.3) is 5.65 Å². The number of piperidine rings is 1. The van der Waals surface area contributed by atoms with Crippen LogP contribution in [0.15, 0.2) is 24.5 Å². The number of nitrogens with zero attached hydrogens (tertiary/aromatic N) is 5. The van der Waals surface area contributed by atoms with E-state index in [9.17, 15) is 37.1 Å². The van der Waals surface area contributed by atoms with Crippen molar-refractivity contribution in [2.45, 2.75) is 69.9 Å². The van der Waals surface area contributed by atoms with Crippen LogP contribution in [0.1, 0.15) is 66.9 Å². The predicted molar refractivity (Wildman–Crippen MR) is 141 cm³/mol. The Kier molecular flexibility index (Phi) is 7.81. The number of imidazole rings is 1. The average molecular weight is 610 g/mol. The van der Waals surface area contributed by atoms with E-state index in [2.05, 4.69) is 20.5 Å². The first-order chi connectivity index (χ1) is 20.3. The number of aliphatic carboxylic acids is 1. The predicted octanol–water partition coefficient (Wildman–Crippen LogP) is 3.02. The minimum Gasteiger partial charge on any atom is -0.495 e. The maximum atomic E-state index is 14.3. The largest absolute Gasteiger partial charge is 0.495 e. The highest BCUT2D eigenvalue weighted by molar-refractivity contribution is 6.03. The van der Waals surface area contributed by atoms with E-state index in [-0.39, 0.29) is 48.5 Å². The Morgan fingerprint density at radius 1 is 1.23 bits per heavy atom. The number of ether oxygens (including phenoxy) is 1. The van der Waals surface area contributed by atoms with Gasteiger partial charge in [0, 0.05) is 44.5 Å². The zero-order valence-electron chi connectivity index (χ0n) is 23.4. The number of halogens is 4. The molecule has 0 aromatic carbocycles. The van der Waals surface area contributed by atoms with Crippen molar-refractivity contribution in [1.29, 1.82) is 0 Å². The minimum atomic E-state index is -3.46. The van der Waals surface area contributed by atoms with Crippen LogP contribution in [-0.2, 0) is 22.6 Å². The summed E-state index contributed by atoms with van der Waals surface area (Å²) in [5.41, 5.74) is -1.81. The summed E-state index contributed by atoms with van der Waals surface area (Å²) in [6.07, 6.45) is 0.522. The van der Waals surface area contributed by atoms with E-state index in [1.54, 1.807) is 0 Å². The molecule has 12 nitrogen and oxygen atoms in total. The third kappa shape index (κ3) is 5.86. The molecule has 4 heterocycles. The lowest BCUT2D eigenvalue weighted by atomic mass is 9.74. The van der Waals surface area contributed by atoms with Gasteiger partial charge in [-0.25, -0.2) is 27.1 Å². The van der Waals surface area contributed by atoms with Gasteiger partial charge in [-0.2, -0.15) is 10.2 Å². The number of alkyl halides is 4. The Bertz CT molecular complexity index is 1550. The molecule has 0 bridgehead atoms. The van der Waals surface area contributed by atoms with Crippen LogP contribution in [0.3, 0.4) is 0 Å². The van der Waals surface area contributed by atoms with Crippen molar-refractivity contribution in [3.63, 3.8) is 0 Å². The number of amides is 2. The Balaban J connectivity index is 1.52. The smallest absolute Gasteiger partial charge is 0.319 e. The molecule has 5 rings (SSSR count). The first-order valence-electron chi connectivity index (χ1n) is 13.8. The lowest BCUT2D eigenvalue weighted by molar-refractivity contribution is -0.169. The van der Waals surface area contributed by atoms with Crippen molar-refractivity contribution in [3.05, 3.63) is 41.6 Å². The quantitative estimate of drug-likeness (QED) is 0.247. The molecular weight excluding hydrogens is 578 g/mol. The lowest BCUT2D eigenvalue weighted by Crippen LogP contribution is -2.59. The molecule has 1 aliphatic carbocycles. The molecule has 1 aliphatic heterocycles. The van der Waals surface area contributed by atoms with E-state index in [4.69, 9.17) is 4.74 Å². The summed E-state index contributed by atoms with van der Waals surface area (Å²) in [5, 5.41) is 23.3. The summed E-state index contributed by atoms with van der Waals surface area (Å²) in [6.45, 7) is 1.27. The SMILES string of the molecule is CCn1nccc1C(=O)NC(c1cn2nc(CC3(C(=O)O)CC(F)(F)CNC3=O)c(OC)cc2n1)C1CCC(F)(F)CC1. The van der Waals surface area contributed by atoms with E-state index in [0.717, 1.165) is 0 Å². The zero-order chi connectivity index (χ0) is 31.2. The Morgan fingerprint density at radius 2 is 1.95 bits per heavy atom. The number of aromatic nitrogens is 5. The zero-order valence-corrected chi connectivity index (χ0v) is 23.4. The van der Waals surface area contributed by atoms with Crippen LogP contribution < -0.4 is 15.4 Å². The van der Waals surface area contributed by atoms with Gasteiger partial charge >= 0.3 is 5.97 Å². The van der Waals surface area contributed by atoms with Crippen LogP contribution in [0.2, 0.25) is 0 Å². The Labute approximate surface area is 242 Å². The molecule has 1 saturated carbocycles. The fraction of sp³-hybridized carbons (Fsp3) is 0.556. The topological polar surface area (TPSA) is 153 Å².